The summed E-state index contributed by atoms with van der Waals surface area (Å²) in [6.07, 6.45) is -0.246. The summed E-state index contributed by atoms with van der Waals surface area (Å²) in [6.45, 7) is 2.22. The zero-order valence-electron chi connectivity index (χ0n) is 17.9. The summed E-state index contributed by atoms with van der Waals surface area (Å²) in [4.78, 5) is 32.4. The van der Waals surface area contributed by atoms with Crippen molar-refractivity contribution in [2.75, 3.05) is 26.7 Å². The number of nitrogens with zero attached hydrogens (tertiary/aromatic N) is 3. The number of halogens is 1. The van der Waals surface area contributed by atoms with Crippen molar-refractivity contribution in [3.05, 3.63) is 64.7 Å². The molecule has 2 aromatic carbocycles. The number of carbonyl (C=O) groups excluding carboxylic acids is 2. The lowest BCUT2D eigenvalue weighted by Gasteiger charge is -2.58. The number of ether oxygens (including phenoxy) is 1. The molecule has 0 aromatic heterocycles. The number of imide groups is 1. The van der Waals surface area contributed by atoms with E-state index < -0.39 is 17.7 Å². The normalized spacial score (nSPS) is 25.2. The van der Waals surface area contributed by atoms with Gasteiger partial charge in [-0.05, 0) is 35.7 Å². The van der Waals surface area contributed by atoms with Gasteiger partial charge in [-0.25, -0.2) is 0 Å². The van der Waals surface area contributed by atoms with Crippen LogP contribution in [0.1, 0.15) is 17.5 Å². The van der Waals surface area contributed by atoms with Gasteiger partial charge in [0.15, 0.2) is 0 Å². The summed E-state index contributed by atoms with van der Waals surface area (Å²) in [6, 6.07) is 14.6. The summed E-state index contributed by atoms with van der Waals surface area (Å²) in [7, 11) is 1.60. The van der Waals surface area contributed by atoms with Crippen LogP contribution >= 0.6 is 11.6 Å². The largest absolute Gasteiger partial charge is 0.497 e. The Morgan fingerprint density at radius 2 is 1.81 bits per heavy atom. The summed E-state index contributed by atoms with van der Waals surface area (Å²) in [5.74, 6) is 0.317. The molecule has 1 N–H and O–H groups in total. The van der Waals surface area contributed by atoms with Crippen molar-refractivity contribution in [1.29, 1.82) is 0 Å². The molecule has 2 amide bonds. The first-order valence-electron chi connectivity index (χ1n) is 10.8. The number of benzene rings is 2. The van der Waals surface area contributed by atoms with Gasteiger partial charge in [0.25, 0.3) is 5.91 Å². The highest BCUT2D eigenvalue weighted by Crippen LogP contribution is 2.41. The lowest BCUT2D eigenvalue weighted by molar-refractivity contribution is -0.181. The van der Waals surface area contributed by atoms with Crippen LogP contribution in [0.25, 0.3) is 0 Å². The van der Waals surface area contributed by atoms with Crippen LogP contribution in [-0.4, -0.2) is 76.0 Å². The molecule has 5 rings (SSSR count). The number of carbonyl (C=O) groups is 2. The fourth-order valence-corrected chi connectivity index (χ4v) is 5.42. The quantitative estimate of drug-likeness (QED) is 0.694. The number of hydrogen-bond acceptors (Lipinski definition) is 6. The SMILES string of the molecule is COc1ccc(CN2C(=O)C3CC(O)CN3C3(CN(Cc4ccccc4Cl)C3)C2=O)cc1. The van der Waals surface area contributed by atoms with Gasteiger partial charge in [-0.15, -0.1) is 0 Å². The summed E-state index contributed by atoms with van der Waals surface area (Å²) < 4.78 is 5.20. The zero-order valence-corrected chi connectivity index (χ0v) is 18.7. The molecule has 168 valence electrons. The Kier molecular flexibility index (Phi) is 5.45. The maximum atomic E-state index is 13.7. The lowest BCUT2D eigenvalue weighted by atomic mass is 9.82. The number of aliphatic hydroxyl groups excluding tert-OH is 1. The summed E-state index contributed by atoms with van der Waals surface area (Å²) in [5, 5.41) is 11.0. The van der Waals surface area contributed by atoms with Gasteiger partial charge < -0.3 is 9.84 Å². The number of β-amino-alcohol motifs (C(OH)–C–C–N with tert-alkyl or cyclic N) is 1. The number of amides is 2. The van der Waals surface area contributed by atoms with Crippen LogP contribution in [0.2, 0.25) is 5.02 Å². The fourth-order valence-electron chi connectivity index (χ4n) is 5.23. The van der Waals surface area contributed by atoms with Gasteiger partial charge >= 0.3 is 0 Å². The molecule has 3 aliphatic rings. The van der Waals surface area contributed by atoms with Crippen molar-refractivity contribution in [3.63, 3.8) is 0 Å². The second kappa shape index (κ2) is 8.15. The molecule has 2 unspecified atom stereocenters. The predicted octanol–water partition coefficient (Wildman–Crippen LogP) is 1.91. The van der Waals surface area contributed by atoms with E-state index in [0.29, 0.717) is 37.6 Å². The van der Waals surface area contributed by atoms with E-state index in [1.54, 1.807) is 7.11 Å². The Morgan fingerprint density at radius 1 is 1.09 bits per heavy atom. The first kappa shape index (κ1) is 21.4. The molecule has 3 fully saturated rings. The van der Waals surface area contributed by atoms with E-state index in [1.165, 1.54) is 4.90 Å². The molecule has 0 radical (unpaired) electrons. The van der Waals surface area contributed by atoms with Crippen molar-refractivity contribution in [2.24, 2.45) is 0 Å². The summed E-state index contributed by atoms with van der Waals surface area (Å²) in [5.41, 5.74) is 1.09. The smallest absolute Gasteiger partial charge is 0.252 e. The van der Waals surface area contributed by atoms with E-state index in [2.05, 4.69) is 4.90 Å². The van der Waals surface area contributed by atoms with Crippen LogP contribution in [0, 0.1) is 0 Å². The minimum Gasteiger partial charge on any atom is -0.497 e. The number of aliphatic hydroxyl groups is 1. The number of hydrogen-bond donors (Lipinski definition) is 1. The first-order chi connectivity index (χ1) is 15.4. The molecule has 7 nitrogen and oxygen atoms in total. The van der Waals surface area contributed by atoms with Gasteiger partial charge in [0.05, 0.1) is 25.8 Å². The molecule has 3 saturated heterocycles. The second-order valence-corrected chi connectivity index (χ2v) is 9.31. The number of fused-ring (bicyclic) bond motifs is 2. The lowest BCUT2D eigenvalue weighted by Crippen LogP contribution is -2.81. The number of likely N-dealkylation sites (tertiary alicyclic amines) is 1. The van der Waals surface area contributed by atoms with Gasteiger partial charge in [0.2, 0.25) is 5.91 Å². The molecule has 0 bridgehead atoms. The minimum atomic E-state index is -0.788. The summed E-state index contributed by atoms with van der Waals surface area (Å²) >= 11 is 6.32. The average Bonchev–Trinajstić information content (AvgIpc) is 3.16. The fraction of sp³-hybridized carbons (Fsp3) is 0.417. The highest BCUT2D eigenvalue weighted by atomic mass is 35.5. The standard InChI is InChI=1S/C24H26ClN3O4/c1-32-19-8-6-16(7-9-19)11-27-22(30)21-10-18(29)13-28(21)24(23(27)31)14-26(15-24)12-17-4-2-3-5-20(17)25/h2-9,18,21,29H,10-15H2,1H3. The first-order valence-corrected chi connectivity index (χ1v) is 11.2. The topological polar surface area (TPSA) is 73.3 Å². The Morgan fingerprint density at radius 3 is 2.50 bits per heavy atom. The highest BCUT2D eigenvalue weighted by Gasteiger charge is 2.64. The van der Waals surface area contributed by atoms with Crippen molar-refractivity contribution in [1.82, 2.24) is 14.7 Å². The molecule has 1 spiro atoms. The van der Waals surface area contributed by atoms with E-state index >= 15 is 0 Å². The van der Waals surface area contributed by atoms with Gasteiger partial charge in [-0.2, -0.15) is 0 Å². The monoisotopic (exact) mass is 455 g/mol. The number of rotatable bonds is 5. The van der Waals surface area contributed by atoms with Crippen LogP contribution in [0.3, 0.4) is 0 Å². The van der Waals surface area contributed by atoms with Crippen molar-refractivity contribution >= 4 is 23.4 Å². The van der Waals surface area contributed by atoms with E-state index in [-0.39, 0.29) is 18.4 Å². The van der Waals surface area contributed by atoms with Crippen LogP contribution in [0.5, 0.6) is 5.75 Å². The number of methoxy groups -OCH3 is 1. The molecule has 32 heavy (non-hydrogen) atoms. The van der Waals surface area contributed by atoms with Gasteiger partial charge in [0, 0.05) is 31.2 Å². The van der Waals surface area contributed by atoms with E-state index in [0.717, 1.165) is 16.9 Å². The van der Waals surface area contributed by atoms with Crippen molar-refractivity contribution in [2.45, 2.75) is 37.2 Å². The predicted molar refractivity (Wildman–Crippen MR) is 119 cm³/mol. The Hall–Kier alpha value is -2.45. The third-order valence-corrected chi connectivity index (χ3v) is 7.21. The Bertz CT molecular complexity index is 1040. The maximum Gasteiger partial charge on any atom is 0.252 e. The van der Waals surface area contributed by atoms with Crippen molar-refractivity contribution < 1.29 is 19.4 Å². The maximum absolute atomic E-state index is 13.7. The minimum absolute atomic E-state index is 0.181. The van der Waals surface area contributed by atoms with Crippen LogP contribution < -0.4 is 4.74 Å². The Labute approximate surface area is 192 Å². The molecule has 0 saturated carbocycles. The molecule has 2 atom stereocenters. The third-order valence-electron chi connectivity index (χ3n) is 6.85. The van der Waals surface area contributed by atoms with Gasteiger partial charge in [-0.1, -0.05) is 41.9 Å². The molecule has 2 aromatic rings. The molecule has 3 aliphatic heterocycles. The zero-order chi connectivity index (χ0) is 22.5. The molecular formula is C24H26ClN3O4. The van der Waals surface area contributed by atoms with Crippen molar-refractivity contribution in [3.8, 4) is 5.75 Å². The third kappa shape index (κ3) is 3.49. The molecule has 0 aliphatic carbocycles. The average molecular weight is 456 g/mol. The second-order valence-electron chi connectivity index (χ2n) is 8.90. The van der Waals surface area contributed by atoms with E-state index in [9.17, 15) is 14.7 Å². The molecule has 8 heteroatoms. The molecular weight excluding hydrogens is 430 g/mol. The van der Waals surface area contributed by atoms with Gasteiger partial charge in [-0.3, -0.25) is 24.3 Å². The number of piperazine rings is 1. The van der Waals surface area contributed by atoms with Gasteiger partial charge in [0.1, 0.15) is 11.3 Å². The van der Waals surface area contributed by atoms with Crippen LogP contribution in [-0.2, 0) is 22.7 Å². The van der Waals surface area contributed by atoms with E-state index in [1.807, 2.05) is 53.4 Å². The van der Waals surface area contributed by atoms with Crippen LogP contribution in [0.4, 0.5) is 0 Å². The molecule has 3 heterocycles. The van der Waals surface area contributed by atoms with E-state index in [4.69, 9.17) is 16.3 Å². The highest BCUT2D eigenvalue weighted by molar-refractivity contribution is 6.31. The van der Waals surface area contributed by atoms with Crippen LogP contribution in [0.15, 0.2) is 48.5 Å². The Balaban J connectivity index is 1.38.